The second-order valence-corrected chi connectivity index (χ2v) is 4.87. The number of aromatic amines is 1. The van der Waals surface area contributed by atoms with Crippen LogP contribution >= 0.6 is 0 Å². The van der Waals surface area contributed by atoms with Crippen LogP contribution in [0.5, 0.6) is 0 Å². The first-order valence-corrected chi connectivity index (χ1v) is 6.61. The fraction of sp³-hybridized carbons (Fsp3) is 0.0625. The molecule has 0 saturated heterocycles. The second-order valence-electron chi connectivity index (χ2n) is 4.87. The smallest absolute Gasteiger partial charge is 0.276 e. The Morgan fingerprint density at radius 3 is 2.64 bits per heavy atom. The first kappa shape index (κ1) is 13.9. The predicted octanol–water partition coefficient (Wildman–Crippen LogP) is 2.62. The Morgan fingerprint density at radius 1 is 1.18 bits per heavy atom. The zero-order valence-corrected chi connectivity index (χ0v) is 11.7. The fourth-order valence-corrected chi connectivity index (χ4v) is 2.15. The van der Waals surface area contributed by atoms with Crippen LogP contribution in [0.3, 0.4) is 0 Å². The first-order valence-electron chi connectivity index (χ1n) is 6.61. The molecule has 1 amide bonds. The summed E-state index contributed by atoms with van der Waals surface area (Å²) in [6.07, 6.45) is 0. The molecule has 110 valence electrons. The third-order valence-corrected chi connectivity index (χ3v) is 3.34. The Kier molecular flexibility index (Phi) is 3.42. The van der Waals surface area contributed by atoms with Gasteiger partial charge in [-0.3, -0.25) is 9.59 Å². The number of H-pyrrole nitrogens is 1. The molecule has 0 atom stereocenters. The summed E-state index contributed by atoms with van der Waals surface area (Å²) in [6, 6.07) is 11.1. The number of amides is 1. The van der Waals surface area contributed by atoms with Gasteiger partial charge in [0.05, 0.1) is 5.39 Å². The summed E-state index contributed by atoms with van der Waals surface area (Å²) in [4.78, 5) is 24.0. The molecule has 3 aromatic rings. The van der Waals surface area contributed by atoms with Gasteiger partial charge in [-0.1, -0.05) is 24.3 Å². The van der Waals surface area contributed by atoms with Crippen molar-refractivity contribution in [3.05, 3.63) is 69.9 Å². The number of aryl methyl sites for hydroxylation is 1. The van der Waals surface area contributed by atoms with Gasteiger partial charge in [-0.15, -0.1) is 0 Å². The highest BCUT2D eigenvalue weighted by Crippen LogP contribution is 2.17. The quantitative estimate of drug-likeness (QED) is 0.763. The number of hydrogen-bond donors (Lipinski definition) is 2. The van der Waals surface area contributed by atoms with Gasteiger partial charge in [0.2, 0.25) is 0 Å². The number of benzene rings is 2. The van der Waals surface area contributed by atoms with Gasteiger partial charge >= 0.3 is 0 Å². The lowest BCUT2D eigenvalue weighted by atomic mass is 10.1. The van der Waals surface area contributed by atoms with Crippen molar-refractivity contribution in [3.8, 4) is 0 Å². The Balaban J connectivity index is 2.01. The molecule has 0 bridgehead atoms. The minimum absolute atomic E-state index is 0.0798. The number of fused-ring (bicyclic) bond motifs is 1. The SMILES string of the molecule is Cc1ccc(NC(=O)c2n[nH]c(=O)c3ccccc23)cc1F. The van der Waals surface area contributed by atoms with Gasteiger partial charge in [0.15, 0.2) is 5.69 Å². The molecular formula is C16H12FN3O2. The zero-order valence-electron chi connectivity index (χ0n) is 11.7. The molecule has 22 heavy (non-hydrogen) atoms. The van der Waals surface area contributed by atoms with Crippen molar-refractivity contribution < 1.29 is 9.18 Å². The molecule has 0 saturated carbocycles. The Hall–Kier alpha value is -3.02. The summed E-state index contributed by atoms with van der Waals surface area (Å²) in [5, 5.41) is 9.48. The summed E-state index contributed by atoms with van der Waals surface area (Å²) in [6.45, 7) is 1.64. The number of rotatable bonds is 2. The standard InChI is InChI=1S/C16H12FN3O2/c1-9-6-7-10(8-13(9)17)18-16(22)14-11-4-2-3-5-12(11)15(21)20-19-14/h2-8H,1H3,(H,18,22)(H,20,21). The van der Waals surface area contributed by atoms with E-state index in [0.717, 1.165) is 0 Å². The van der Waals surface area contributed by atoms with Crippen LogP contribution in [0.25, 0.3) is 10.8 Å². The van der Waals surface area contributed by atoms with E-state index < -0.39 is 11.7 Å². The topological polar surface area (TPSA) is 74.8 Å². The van der Waals surface area contributed by atoms with Crippen LogP contribution in [0.1, 0.15) is 16.1 Å². The van der Waals surface area contributed by atoms with Gasteiger partial charge in [-0.05, 0) is 30.7 Å². The second kappa shape index (κ2) is 5.40. The van der Waals surface area contributed by atoms with Crippen molar-refractivity contribution in [1.82, 2.24) is 10.2 Å². The minimum atomic E-state index is -0.518. The maximum Gasteiger partial charge on any atom is 0.276 e. The number of carbonyl (C=O) groups is 1. The molecule has 0 aliphatic rings. The molecular weight excluding hydrogens is 285 g/mol. The van der Waals surface area contributed by atoms with Gasteiger partial charge in [0.1, 0.15) is 5.82 Å². The summed E-state index contributed by atoms with van der Waals surface area (Å²) >= 11 is 0. The highest BCUT2D eigenvalue weighted by Gasteiger charge is 2.14. The van der Waals surface area contributed by atoms with Crippen LogP contribution in [0, 0.1) is 12.7 Å². The monoisotopic (exact) mass is 297 g/mol. The van der Waals surface area contributed by atoms with Gasteiger partial charge in [-0.25, -0.2) is 9.49 Å². The van der Waals surface area contributed by atoms with E-state index in [2.05, 4.69) is 15.5 Å². The molecule has 5 nitrogen and oxygen atoms in total. The number of hydrogen-bond acceptors (Lipinski definition) is 3. The lowest BCUT2D eigenvalue weighted by Gasteiger charge is -2.07. The van der Waals surface area contributed by atoms with E-state index in [-0.39, 0.29) is 11.3 Å². The van der Waals surface area contributed by atoms with Crippen molar-refractivity contribution in [3.63, 3.8) is 0 Å². The average Bonchev–Trinajstić information content (AvgIpc) is 2.51. The highest BCUT2D eigenvalue weighted by molar-refractivity contribution is 6.11. The molecule has 6 heteroatoms. The molecule has 0 unspecified atom stereocenters. The summed E-state index contributed by atoms with van der Waals surface area (Å²) in [7, 11) is 0. The number of halogens is 1. The molecule has 1 heterocycles. The largest absolute Gasteiger partial charge is 0.320 e. The summed E-state index contributed by atoms with van der Waals surface area (Å²) in [5.74, 6) is -0.923. The molecule has 2 N–H and O–H groups in total. The van der Waals surface area contributed by atoms with E-state index in [1.807, 2.05) is 0 Å². The molecule has 2 aromatic carbocycles. The average molecular weight is 297 g/mol. The molecule has 0 aliphatic carbocycles. The summed E-state index contributed by atoms with van der Waals surface area (Å²) < 4.78 is 13.5. The molecule has 0 fully saturated rings. The predicted molar refractivity (Wildman–Crippen MR) is 81.5 cm³/mol. The third kappa shape index (κ3) is 2.46. The molecule has 0 radical (unpaired) electrons. The lowest BCUT2D eigenvalue weighted by molar-refractivity contribution is 0.102. The van der Waals surface area contributed by atoms with E-state index in [9.17, 15) is 14.0 Å². The minimum Gasteiger partial charge on any atom is -0.320 e. The number of carbonyl (C=O) groups excluding carboxylic acids is 1. The van der Waals surface area contributed by atoms with Gasteiger partial charge in [-0.2, -0.15) is 5.10 Å². The molecule has 3 rings (SSSR count). The number of nitrogens with zero attached hydrogens (tertiary/aromatic N) is 1. The number of aromatic nitrogens is 2. The third-order valence-electron chi connectivity index (χ3n) is 3.34. The summed E-state index contributed by atoms with van der Waals surface area (Å²) in [5.41, 5.74) is 0.528. The van der Waals surface area contributed by atoms with Crippen LogP contribution in [-0.4, -0.2) is 16.1 Å². The van der Waals surface area contributed by atoms with Gasteiger partial charge in [0, 0.05) is 11.1 Å². The van der Waals surface area contributed by atoms with Crippen LogP contribution in [0.4, 0.5) is 10.1 Å². The first-order chi connectivity index (χ1) is 10.6. The Morgan fingerprint density at radius 2 is 1.91 bits per heavy atom. The molecule has 0 aliphatic heterocycles. The van der Waals surface area contributed by atoms with Crippen LogP contribution in [-0.2, 0) is 0 Å². The van der Waals surface area contributed by atoms with Crippen LogP contribution < -0.4 is 10.9 Å². The van der Waals surface area contributed by atoms with E-state index in [1.165, 1.54) is 6.07 Å². The number of nitrogens with one attached hydrogen (secondary N) is 2. The molecule has 0 spiro atoms. The van der Waals surface area contributed by atoms with Gasteiger partial charge in [0.25, 0.3) is 11.5 Å². The van der Waals surface area contributed by atoms with Crippen LogP contribution in [0.15, 0.2) is 47.3 Å². The molecule has 1 aromatic heterocycles. The Labute approximate surface area is 124 Å². The van der Waals surface area contributed by atoms with Crippen LogP contribution in [0.2, 0.25) is 0 Å². The van der Waals surface area contributed by atoms with E-state index in [1.54, 1.807) is 43.3 Å². The van der Waals surface area contributed by atoms with E-state index in [0.29, 0.717) is 22.0 Å². The van der Waals surface area contributed by atoms with Crippen molar-refractivity contribution in [2.24, 2.45) is 0 Å². The Bertz CT molecular complexity index is 934. The normalized spacial score (nSPS) is 10.6. The lowest BCUT2D eigenvalue weighted by Crippen LogP contribution is -2.19. The van der Waals surface area contributed by atoms with Gasteiger partial charge < -0.3 is 5.32 Å². The maximum atomic E-state index is 13.5. The van der Waals surface area contributed by atoms with Crippen molar-refractivity contribution >= 4 is 22.4 Å². The fourth-order valence-electron chi connectivity index (χ4n) is 2.15. The van der Waals surface area contributed by atoms with Crippen molar-refractivity contribution in [1.29, 1.82) is 0 Å². The highest BCUT2D eigenvalue weighted by atomic mass is 19.1. The number of anilines is 1. The zero-order chi connectivity index (χ0) is 15.7. The van der Waals surface area contributed by atoms with Crippen molar-refractivity contribution in [2.75, 3.05) is 5.32 Å². The van der Waals surface area contributed by atoms with E-state index >= 15 is 0 Å². The maximum absolute atomic E-state index is 13.5. The van der Waals surface area contributed by atoms with E-state index in [4.69, 9.17) is 0 Å². The van der Waals surface area contributed by atoms with Crippen molar-refractivity contribution in [2.45, 2.75) is 6.92 Å².